The fourth-order valence-corrected chi connectivity index (χ4v) is 2.35. The number of nitrogens with two attached hydrogens (primary N) is 1. The van der Waals surface area contributed by atoms with Crippen LogP contribution < -0.4 is 11.3 Å². The van der Waals surface area contributed by atoms with Gasteiger partial charge in [-0.05, 0) is 44.1 Å². The summed E-state index contributed by atoms with van der Waals surface area (Å²) >= 11 is 1.88. The van der Waals surface area contributed by atoms with E-state index in [1.807, 2.05) is 11.8 Å². The Kier molecular flexibility index (Phi) is 6.60. The van der Waals surface area contributed by atoms with Gasteiger partial charge < -0.3 is 4.74 Å². The van der Waals surface area contributed by atoms with Gasteiger partial charge in [0.25, 0.3) is 0 Å². The maximum absolute atomic E-state index is 5.58. The van der Waals surface area contributed by atoms with E-state index in [2.05, 4.69) is 11.7 Å². The van der Waals surface area contributed by atoms with Crippen molar-refractivity contribution in [2.24, 2.45) is 5.84 Å². The van der Waals surface area contributed by atoms with Crippen LogP contribution in [-0.4, -0.2) is 30.8 Å². The lowest BCUT2D eigenvalue weighted by atomic mass is 10.0. The minimum atomic E-state index is 0.464. The van der Waals surface area contributed by atoms with Crippen LogP contribution in [0.2, 0.25) is 0 Å². The first-order chi connectivity index (χ1) is 6.86. The molecule has 0 radical (unpaired) electrons. The van der Waals surface area contributed by atoms with Crippen LogP contribution in [0.5, 0.6) is 0 Å². The third-order valence-electron chi connectivity index (χ3n) is 2.77. The molecule has 1 saturated heterocycles. The van der Waals surface area contributed by atoms with Crippen LogP contribution in [0.3, 0.4) is 0 Å². The van der Waals surface area contributed by atoms with Gasteiger partial charge in [-0.2, -0.15) is 11.8 Å². The Bertz CT molecular complexity index is 140. The molecule has 1 fully saturated rings. The Morgan fingerprint density at radius 2 is 2.43 bits per heavy atom. The van der Waals surface area contributed by atoms with E-state index in [4.69, 9.17) is 10.6 Å². The summed E-state index contributed by atoms with van der Waals surface area (Å²) in [6.45, 7) is 0.955. The topological polar surface area (TPSA) is 47.3 Å². The van der Waals surface area contributed by atoms with Crippen molar-refractivity contribution in [1.29, 1.82) is 0 Å². The number of hydrogen-bond donors (Lipinski definition) is 2. The molecule has 3 N–H and O–H groups in total. The van der Waals surface area contributed by atoms with E-state index >= 15 is 0 Å². The molecule has 1 aliphatic heterocycles. The maximum Gasteiger partial charge on any atom is 0.0576 e. The highest BCUT2D eigenvalue weighted by molar-refractivity contribution is 7.98. The van der Waals surface area contributed by atoms with Crippen molar-refractivity contribution in [2.45, 2.75) is 44.2 Å². The second-order valence-corrected chi connectivity index (χ2v) is 4.84. The molecular weight excluding hydrogens is 196 g/mol. The van der Waals surface area contributed by atoms with Crippen molar-refractivity contribution in [3.05, 3.63) is 0 Å². The summed E-state index contributed by atoms with van der Waals surface area (Å²) in [6.07, 6.45) is 8.55. The van der Waals surface area contributed by atoms with Gasteiger partial charge in [-0.25, -0.2) is 0 Å². The van der Waals surface area contributed by atoms with E-state index < -0.39 is 0 Å². The van der Waals surface area contributed by atoms with Gasteiger partial charge in [0.1, 0.15) is 0 Å². The molecule has 1 rings (SSSR count). The number of hydrazine groups is 1. The molecule has 0 aliphatic carbocycles. The Labute approximate surface area is 91.1 Å². The van der Waals surface area contributed by atoms with Crippen LogP contribution in [0.4, 0.5) is 0 Å². The molecular formula is C10H22N2OS. The van der Waals surface area contributed by atoms with Gasteiger partial charge in [0.2, 0.25) is 0 Å². The minimum Gasteiger partial charge on any atom is -0.378 e. The lowest BCUT2D eigenvalue weighted by Crippen LogP contribution is -2.36. The van der Waals surface area contributed by atoms with Gasteiger partial charge in [0, 0.05) is 12.6 Å². The summed E-state index contributed by atoms with van der Waals surface area (Å²) < 4.78 is 5.58. The molecule has 1 aliphatic rings. The molecule has 0 spiro atoms. The predicted octanol–water partition coefficient (Wildman–Crippen LogP) is 1.53. The molecule has 1 heterocycles. The van der Waals surface area contributed by atoms with Crippen LogP contribution >= 0.6 is 11.8 Å². The van der Waals surface area contributed by atoms with Gasteiger partial charge in [-0.3, -0.25) is 11.3 Å². The Morgan fingerprint density at radius 3 is 3.00 bits per heavy atom. The predicted molar refractivity (Wildman–Crippen MR) is 62.3 cm³/mol. The first-order valence-corrected chi connectivity index (χ1v) is 6.83. The SMILES string of the molecule is CSCCC(CCC1CCCO1)NN. The summed E-state index contributed by atoms with van der Waals surface area (Å²) in [4.78, 5) is 0. The molecule has 0 amide bonds. The molecule has 0 aromatic rings. The highest BCUT2D eigenvalue weighted by Crippen LogP contribution is 2.18. The summed E-state index contributed by atoms with van der Waals surface area (Å²) in [5.74, 6) is 6.68. The van der Waals surface area contributed by atoms with Crippen molar-refractivity contribution < 1.29 is 4.74 Å². The zero-order valence-electron chi connectivity index (χ0n) is 9.00. The quantitative estimate of drug-likeness (QED) is 0.502. The van der Waals surface area contributed by atoms with E-state index in [1.165, 1.54) is 18.6 Å². The second-order valence-electron chi connectivity index (χ2n) is 3.86. The number of ether oxygens (including phenoxy) is 1. The number of thioether (sulfide) groups is 1. The van der Waals surface area contributed by atoms with Crippen molar-refractivity contribution >= 4 is 11.8 Å². The molecule has 0 aromatic carbocycles. The average molecular weight is 218 g/mol. The van der Waals surface area contributed by atoms with Gasteiger partial charge in [-0.1, -0.05) is 0 Å². The smallest absolute Gasteiger partial charge is 0.0576 e. The lowest BCUT2D eigenvalue weighted by molar-refractivity contribution is 0.0995. The first-order valence-electron chi connectivity index (χ1n) is 5.43. The van der Waals surface area contributed by atoms with E-state index in [0.29, 0.717) is 12.1 Å². The van der Waals surface area contributed by atoms with Crippen molar-refractivity contribution in [2.75, 3.05) is 18.6 Å². The summed E-state index contributed by atoms with van der Waals surface area (Å²) in [5.41, 5.74) is 2.89. The number of rotatable bonds is 7. The monoisotopic (exact) mass is 218 g/mol. The third kappa shape index (κ3) is 4.64. The second kappa shape index (κ2) is 7.51. The van der Waals surface area contributed by atoms with E-state index in [1.54, 1.807) is 0 Å². The largest absolute Gasteiger partial charge is 0.378 e. The zero-order valence-corrected chi connectivity index (χ0v) is 9.81. The molecule has 0 aromatic heterocycles. The highest BCUT2D eigenvalue weighted by atomic mass is 32.2. The highest BCUT2D eigenvalue weighted by Gasteiger charge is 2.17. The zero-order chi connectivity index (χ0) is 10.2. The van der Waals surface area contributed by atoms with Crippen molar-refractivity contribution in [3.8, 4) is 0 Å². The van der Waals surface area contributed by atoms with Crippen molar-refractivity contribution in [1.82, 2.24) is 5.43 Å². The average Bonchev–Trinajstić information content (AvgIpc) is 2.71. The molecule has 0 saturated carbocycles. The minimum absolute atomic E-state index is 0.464. The van der Waals surface area contributed by atoms with Gasteiger partial charge in [0.05, 0.1) is 6.10 Å². The molecule has 4 heteroatoms. The van der Waals surface area contributed by atoms with E-state index in [-0.39, 0.29) is 0 Å². The van der Waals surface area contributed by atoms with Crippen LogP contribution in [0, 0.1) is 0 Å². The van der Waals surface area contributed by atoms with Gasteiger partial charge in [-0.15, -0.1) is 0 Å². The van der Waals surface area contributed by atoms with Gasteiger partial charge in [0.15, 0.2) is 0 Å². The van der Waals surface area contributed by atoms with Crippen LogP contribution in [-0.2, 0) is 4.74 Å². The molecule has 3 nitrogen and oxygen atoms in total. The Morgan fingerprint density at radius 1 is 1.57 bits per heavy atom. The van der Waals surface area contributed by atoms with Gasteiger partial charge >= 0.3 is 0 Å². The summed E-state index contributed by atoms with van der Waals surface area (Å²) in [6, 6.07) is 0.464. The molecule has 2 atom stereocenters. The molecule has 14 heavy (non-hydrogen) atoms. The fourth-order valence-electron chi connectivity index (χ4n) is 1.83. The standard InChI is InChI=1S/C10H22N2OS/c1-14-8-6-9(12-11)4-5-10-3-2-7-13-10/h9-10,12H,2-8,11H2,1H3. The van der Waals surface area contributed by atoms with E-state index in [9.17, 15) is 0 Å². The van der Waals surface area contributed by atoms with Crippen molar-refractivity contribution in [3.63, 3.8) is 0 Å². The Balaban J connectivity index is 2.06. The third-order valence-corrected chi connectivity index (χ3v) is 3.41. The lowest BCUT2D eigenvalue weighted by Gasteiger charge is -2.17. The summed E-state index contributed by atoms with van der Waals surface area (Å²) in [5, 5.41) is 0. The molecule has 0 bridgehead atoms. The fraction of sp³-hybridized carbons (Fsp3) is 1.00. The summed E-state index contributed by atoms with van der Waals surface area (Å²) in [7, 11) is 0. The molecule has 2 unspecified atom stereocenters. The first kappa shape index (κ1) is 12.3. The van der Waals surface area contributed by atoms with Crippen LogP contribution in [0.15, 0.2) is 0 Å². The number of nitrogens with one attached hydrogen (secondary N) is 1. The van der Waals surface area contributed by atoms with Crippen LogP contribution in [0.25, 0.3) is 0 Å². The Hall–Kier alpha value is 0.230. The molecule has 84 valence electrons. The number of hydrogen-bond acceptors (Lipinski definition) is 4. The van der Waals surface area contributed by atoms with Crippen LogP contribution in [0.1, 0.15) is 32.1 Å². The van der Waals surface area contributed by atoms with E-state index in [0.717, 1.165) is 25.9 Å². The maximum atomic E-state index is 5.58. The normalized spacial score (nSPS) is 24.0.